The summed E-state index contributed by atoms with van der Waals surface area (Å²) in [4.78, 5) is 2.68. The van der Waals surface area contributed by atoms with Gasteiger partial charge >= 0.3 is 0 Å². The summed E-state index contributed by atoms with van der Waals surface area (Å²) in [5.41, 5.74) is 6.44. The van der Waals surface area contributed by atoms with Crippen molar-refractivity contribution in [1.29, 1.82) is 0 Å². The molecular weight excluding hydrogens is 224 g/mol. The molecule has 18 heavy (non-hydrogen) atoms. The summed E-state index contributed by atoms with van der Waals surface area (Å²) in [6.07, 6.45) is 10.3. The van der Waals surface area contributed by atoms with Crippen LogP contribution < -0.4 is 5.73 Å². The topological polar surface area (TPSA) is 38.5 Å². The van der Waals surface area contributed by atoms with Crippen LogP contribution in [-0.2, 0) is 4.74 Å². The molecule has 1 rings (SSSR count). The van der Waals surface area contributed by atoms with Gasteiger partial charge < -0.3 is 10.5 Å². The van der Waals surface area contributed by atoms with Crippen molar-refractivity contribution >= 4 is 0 Å². The molecule has 1 aliphatic carbocycles. The van der Waals surface area contributed by atoms with Crippen LogP contribution in [0.5, 0.6) is 0 Å². The fourth-order valence-electron chi connectivity index (χ4n) is 3.26. The SMILES string of the molecule is CCCN(CCCCOC)C1(CN)CCCCC1. The van der Waals surface area contributed by atoms with Gasteiger partial charge in [-0.2, -0.15) is 0 Å². The first-order valence-corrected chi connectivity index (χ1v) is 7.73. The van der Waals surface area contributed by atoms with Crippen molar-refractivity contribution in [3.8, 4) is 0 Å². The zero-order valence-corrected chi connectivity index (χ0v) is 12.4. The zero-order chi connectivity index (χ0) is 13.3. The van der Waals surface area contributed by atoms with Crippen molar-refractivity contribution in [2.75, 3.05) is 33.4 Å². The summed E-state index contributed by atoms with van der Waals surface area (Å²) in [5, 5.41) is 0. The lowest BCUT2D eigenvalue weighted by Crippen LogP contribution is -2.55. The summed E-state index contributed by atoms with van der Waals surface area (Å²) in [7, 11) is 1.78. The standard InChI is InChI=1S/C15H32N2O/c1-3-11-17(12-7-8-13-18-2)15(14-16)9-5-4-6-10-15/h3-14,16H2,1-2H3. The number of nitrogens with two attached hydrogens (primary N) is 1. The van der Waals surface area contributed by atoms with E-state index in [1.54, 1.807) is 7.11 Å². The molecule has 0 aromatic heterocycles. The molecule has 0 heterocycles. The van der Waals surface area contributed by atoms with Gasteiger partial charge in [0.05, 0.1) is 0 Å². The maximum Gasteiger partial charge on any atom is 0.0462 e. The van der Waals surface area contributed by atoms with E-state index in [1.807, 2.05) is 0 Å². The molecule has 0 atom stereocenters. The number of unbranched alkanes of at least 4 members (excludes halogenated alkanes) is 1. The van der Waals surface area contributed by atoms with Gasteiger partial charge in [0.25, 0.3) is 0 Å². The van der Waals surface area contributed by atoms with E-state index in [4.69, 9.17) is 10.5 Å². The largest absolute Gasteiger partial charge is 0.385 e. The Bertz CT molecular complexity index is 203. The Kier molecular flexibility index (Phi) is 7.87. The third kappa shape index (κ3) is 4.52. The number of hydrogen-bond acceptors (Lipinski definition) is 3. The van der Waals surface area contributed by atoms with Crippen molar-refractivity contribution < 1.29 is 4.74 Å². The Hall–Kier alpha value is -0.120. The van der Waals surface area contributed by atoms with Crippen LogP contribution in [-0.4, -0.2) is 43.8 Å². The van der Waals surface area contributed by atoms with Gasteiger partial charge in [-0.05, 0) is 45.2 Å². The molecule has 108 valence electrons. The van der Waals surface area contributed by atoms with Gasteiger partial charge in [0.2, 0.25) is 0 Å². The predicted molar refractivity (Wildman–Crippen MR) is 77.8 cm³/mol. The molecule has 0 radical (unpaired) electrons. The van der Waals surface area contributed by atoms with E-state index in [0.717, 1.165) is 19.6 Å². The van der Waals surface area contributed by atoms with Crippen molar-refractivity contribution in [2.45, 2.75) is 63.8 Å². The number of ether oxygens (including phenoxy) is 1. The zero-order valence-electron chi connectivity index (χ0n) is 12.4. The Labute approximate surface area is 113 Å². The van der Waals surface area contributed by atoms with Gasteiger partial charge in [-0.15, -0.1) is 0 Å². The Morgan fingerprint density at radius 2 is 1.83 bits per heavy atom. The van der Waals surface area contributed by atoms with Crippen molar-refractivity contribution in [1.82, 2.24) is 4.90 Å². The lowest BCUT2D eigenvalue weighted by Gasteiger charge is -2.46. The highest BCUT2D eigenvalue weighted by Crippen LogP contribution is 2.33. The number of rotatable bonds is 9. The number of methoxy groups -OCH3 is 1. The second-order valence-corrected chi connectivity index (χ2v) is 5.68. The predicted octanol–water partition coefficient (Wildman–Crippen LogP) is 2.79. The Morgan fingerprint density at radius 3 is 2.39 bits per heavy atom. The first kappa shape index (κ1) is 15.9. The molecule has 1 saturated carbocycles. The lowest BCUT2D eigenvalue weighted by atomic mass is 9.80. The molecule has 3 nitrogen and oxygen atoms in total. The normalized spacial score (nSPS) is 19.3. The number of nitrogens with zero attached hydrogens (tertiary/aromatic N) is 1. The molecule has 0 aliphatic heterocycles. The average Bonchev–Trinajstić information content (AvgIpc) is 2.43. The minimum atomic E-state index is 0.307. The van der Waals surface area contributed by atoms with Gasteiger partial charge in [0.1, 0.15) is 0 Å². The molecule has 0 saturated heterocycles. The summed E-state index contributed by atoms with van der Waals surface area (Å²) in [6.45, 7) is 6.38. The fraction of sp³-hybridized carbons (Fsp3) is 1.00. The van der Waals surface area contributed by atoms with Crippen molar-refractivity contribution in [3.63, 3.8) is 0 Å². The average molecular weight is 256 g/mol. The fourth-order valence-corrected chi connectivity index (χ4v) is 3.26. The van der Waals surface area contributed by atoms with E-state index in [2.05, 4.69) is 11.8 Å². The molecule has 0 unspecified atom stereocenters. The van der Waals surface area contributed by atoms with E-state index in [1.165, 1.54) is 58.0 Å². The highest BCUT2D eigenvalue weighted by Gasteiger charge is 2.35. The molecule has 0 aromatic rings. The van der Waals surface area contributed by atoms with Crippen LogP contribution in [0.25, 0.3) is 0 Å². The Balaban J connectivity index is 2.50. The summed E-state index contributed by atoms with van der Waals surface area (Å²) in [6, 6.07) is 0. The molecule has 0 aromatic carbocycles. The third-order valence-corrected chi connectivity index (χ3v) is 4.36. The second kappa shape index (κ2) is 8.89. The van der Waals surface area contributed by atoms with Gasteiger partial charge in [-0.3, -0.25) is 4.90 Å². The molecule has 0 bridgehead atoms. The monoisotopic (exact) mass is 256 g/mol. The highest BCUT2D eigenvalue weighted by molar-refractivity contribution is 4.94. The van der Waals surface area contributed by atoms with E-state index in [-0.39, 0.29) is 0 Å². The van der Waals surface area contributed by atoms with Crippen molar-refractivity contribution in [3.05, 3.63) is 0 Å². The molecule has 2 N–H and O–H groups in total. The Morgan fingerprint density at radius 1 is 1.11 bits per heavy atom. The van der Waals surface area contributed by atoms with Gasteiger partial charge in [-0.1, -0.05) is 26.2 Å². The molecule has 0 spiro atoms. The van der Waals surface area contributed by atoms with Crippen LogP contribution in [0.1, 0.15) is 58.3 Å². The highest BCUT2D eigenvalue weighted by atomic mass is 16.5. The summed E-state index contributed by atoms with van der Waals surface area (Å²) < 4.78 is 5.14. The molecule has 1 aliphatic rings. The minimum absolute atomic E-state index is 0.307. The minimum Gasteiger partial charge on any atom is -0.385 e. The van der Waals surface area contributed by atoms with Gasteiger partial charge in [-0.25, -0.2) is 0 Å². The van der Waals surface area contributed by atoms with E-state index in [0.29, 0.717) is 5.54 Å². The summed E-state index contributed by atoms with van der Waals surface area (Å²) in [5.74, 6) is 0. The maximum atomic E-state index is 6.13. The van der Waals surface area contributed by atoms with Crippen LogP contribution in [0.15, 0.2) is 0 Å². The maximum absolute atomic E-state index is 6.13. The smallest absolute Gasteiger partial charge is 0.0462 e. The second-order valence-electron chi connectivity index (χ2n) is 5.68. The van der Waals surface area contributed by atoms with Crippen LogP contribution in [0.2, 0.25) is 0 Å². The van der Waals surface area contributed by atoms with E-state index in [9.17, 15) is 0 Å². The van der Waals surface area contributed by atoms with Gasteiger partial charge in [0, 0.05) is 25.8 Å². The first-order chi connectivity index (χ1) is 8.79. The first-order valence-electron chi connectivity index (χ1n) is 7.73. The molecule has 3 heteroatoms. The van der Waals surface area contributed by atoms with E-state index < -0.39 is 0 Å². The van der Waals surface area contributed by atoms with Crippen molar-refractivity contribution in [2.24, 2.45) is 5.73 Å². The van der Waals surface area contributed by atoms with E-state index >= 15 is 0 Å². The molecule has 1 fully saturated rings. The van der Waals surface area contributed by atoms with Crippen LogP contribution >= 0.6 is 0 Å². The van der Waals surface area contributed by atoms with Crippen LogP contribution in [0.4, 0.5) is 0 Å². The third-order valence-electron chi connectivity index (χ3n) is 4.36. The molecule has 0 amide bonds. The molecular formula is C15H32N2O. The van der Waals surface area contributed by atoms with Crippen LogP contribution in [0, 0.1) is 0 Å². The lowest BCUT2D eigenvalue weighted by molar-refractivity contribution is 0.0530. The summed E-state index contributed by atoms with van der Waals surface area (Å²) >= 11 is 0. The van der Waals surface area contributed by atoms with Crippen LogP contribution in [0.3, 0.4) is 0 Å². The quantitative estimate of drug-likeness (QED) is 0.645. The number of hydrogen-bond donors (Lipinski definition) is 1. The van der Waals surface area contributed by atoms with Gasteiger partial charge in [0.15, 0.2) is 0 Å².